The highest BCUT2D eigenvalue weighted by atomic mass is 35.5. The number of aromatic nitrogens is 3. The van der Waals surface area contributed by atoms with Crippen LogP contribution in [0.5, 0.6) is 11.5 Å². The quantitative estimate of drug-likeness (QED) is 0.546. The van der Waals surface area contributed by atoms with E-state index in [4.69, 9.17) is 16.3 Å². The third kappa shape index (κ3) is 4.71. The van der Waals surface area contributed by atoms with Crippen LogP contribution in [-0.4, -0.2) is 26.5 Å². The number of halogens is 4. The molecular formula is C20H19ClF3N3O2. The molecular weight excluding hydrogens is 407 g/mol. The first kappa shape index (κ1) is 21.1. The molecule has 154 valence electrons. The van der Waals surface area contributed by atoms with Crippen molar-refractivity contribution in [2.45, 2.75) is 31.4 Å². The van der Waals surface area contributed by atoms with Gasteiger partial charge in [0.15, 0.2) is 6.67 Å². The van der Waals surface area contributed by atoms with Crippen molar-refractivity contribution in [3.05, 3.63) is 71.3 Å². The fraction of sp³-hybridized carbons (Fsp3) is 0.300. The van der Waals surface area contributed by atoms with Gasteiger partial charge in [-0.3, -0.25) is 0 Å². The maximum absolute atomic E-state index is 14.5. The Hall–Kier alpha value is -2.58. The van der Waals surface area contributed by atoms with E-state index in [1.807, 2.05) is 0 Å². The molecule has 0 aliphatic rings. The second-order valence-corrected chi connectivity index (χ2v) is 7.02. The summed E-state index contributed by atoms with van der Waals surface area (Å²) in [5.74, 6) is -3.34. The molecule has 9 heteroatoms. The van der Waals surface area contributed by atoms with Gasteiger partial charge in [-0.2, -0.15) is 13.9 Å². The number of ether oxygens (including phenoxy) is 1. The van der Waals surface area contributed by atoms with E-state index in [0.29, 0.717) is 10.8 Å². The van der Waals surface area contributed by atoms with E-state index in [-0.39, 0.29) is 24.3 Å². The summed E-state index contributed by atoms with van der Waals surface area (Å²) in [7, 11) is 0. The zero-order chi connectivity index (χ0) is 21.1. The molecule has 29 heavy (non-hydrogen) atoms. The van der Waals surface area contributed by atoms with Crippen LogP contribution in [0.1, 0.15) is 24.5 Å². The first-order chi connectivity index (χ1) is 13.8. The normalized spacial score (nSPS) is 13.9. The summed E-state index contributed by atoms with van der Waals surface area (Å²) in [6.45, 7) is -0.379. The van der Waals surface area contributed by atoms with Crippen molar-refractivity contribution in [3.8, 4) is 11.5 Å². The zero-order valence-electron chi connectivity index (χ0n) is 15.5. The Morgan fingerprint density at radius 3 is 2.38 bits per heavy atom. The topological polar surface area (TPSA) is 60.2 Å². The van der Waals surface area contributed by atoms with Gasteiger partial charge in [0.2, 0.25) is 0 Å². The standard InChI is InChI=1S/C20H19ClF3N3O2/c1-2-19(28,11-27-13-25-12-26-27)17-8-7-16(9-18(17)20(23,24)10-22)29-15-5-3-14(21)4-6-15/h3-9,12-13,28H,2,10-11H2,1H3. The smallest absolute Gasteiger partial charge is 0.301 e. The van der Waals surface area contributed by atoms with Crippen molar-refractivity contribution in [2.75, 3.05) is 6.67 Å². The molecule has 0 spiro atoms. The molecule has 0 radical (unpaired) electrons. The number of benzene rings is 2. The van der Waals surface area contributed by atoms with Crippen LogP contribution in [-0.2, 0) is 18.1 Å². The summed E-state index contributed by atoms with van der Waals surface area (Å²) in [5, 5.41) is 15.5. The van der Waals surface area contributed by atoms with Crippen LogP contribution in [0.25, 0.3) is 0 Å². The van der Waals surface area contributed by atoms with Gasteiger partial charge in [0.25, 0.3) is 0 Å². The highest BCUT2D eigenvalue weighted by Gasteiger charge is 2.41. The monoisotopic (exact) mass is 425 g/mol. The van der Waals surface area contributed by atoms with Crippen molar-refractivity contribution in [2.24, 2.45) is 0 Å². The molecule has 1 heterocycles. The van der Waals surface area contributed by atoms with E-state index in [1.54, 1.807) is 31.2 Å². The number of nitrogens with zero attached hydrogens (tertiary/aromatic N) is 3. The lowest BCUT2D eigenvalue weighted by Gasteiger charge is -2.31. The molecule has 0 aliphatic carbocycles. The molecule has 0 amide bonds. The molecule has 5 nitrogen and oxygen atoms in total. The van der Waals surface area contributed by atoms with Crippen LogP contribution >= 0.6 is 11.6 Å². The third-order valence-electron chi connectivity index (χ3n) is 4.58. The van der Waals surface area contributed by atoms with Crippen molar-refractivity contribution in [1.82, 2.24) is 14.8 Å². The summed E-state index contributed by atoms with van der Waals surface area (Å²) >= 11 is 5.83. The summed E-state index contributed by atoms with van der Waals surface area (Å²) < 4.78 is 49.1. The molecule has 1 N–H and O–H groups in total. The first-order valence-corrected chi connectivity index (χ1v) is 9.22. The molecule has 1 atom stereocenters. The van der Waals surface area contributed by atoms with Crippen LogP contribution in [0.4, 0.5) is 13.2 Å². The van der Waals surface area contributed by atoms with Gasteiger partial charge in [-0.05, 0) is 48.4 Å². The predicted molar refractivity (Wildman–Crippen MR) is 102 cm³/mol. The van der Waals surface area contributed by atoms with E-state index < -0.39 is 23.8 Å². The molecule has 0 aliphatic heterocycles. The van der Waals surface area contributed by atoms with E-state index in [9.17, 15) is 18.3 Å². The molecule has 0 bridgehead atoms. The fourth-order valence-corrected chi connectivity index (χ4v) is 3.10. The average molecular weight is 426 g/mol. The van der Waals surface area contributed by atoms with Crippen LogP contribution in [0.3, 0.4) is 0 Å². The summed E-state index contributed by atoms with van der Waals surface area (Å²) in [6.07, 6.45) is 2.74. The molecule has 3 aromatic rings. The Kier molecular flexibility index (Phi) is 6.14. The van der Waals surface area contributed by atoms with Crippen molar-refractivity contribution < 1.29 is 23.0 Å². The highest BCUT2D eigenvalue weighted by Crippen LogP contribution is 2.41. The van der Waals surface area contributed by atoms with Gasteiger partial charge < -0.3 is 9.84 Å². The minimum Gasteiger partial charge on any atom is -0.457 e. The van der Waals surface area contributed by atoms with Crippen LogP contribution in [0, 0.1) is 0 Å². The summed E-state index contributed by atoms with van der Waals surface area (Å²) in [6, 6.07) is 10.2. The second-order valence-electron chi connectivity index (χ2n) is 6.58. The van der Waals surface area contributed by atoms with Gasteiger partial charge in [-0.25, -0.2) is 14.1 Å². The Balaban J connectivity index is 2.02. The van der Waals surface area contributed by atoms with Gasteiger partial charge in [0.05, 0.1) is 6.54 Å². The largest absolute Gasteiger partial charge is 0.457 e. The second kappa shape index (κ2) is 8.42. The predicted octanol–water partition coefficient (Wildman–Crippen LogP) is 5.08. The van der Waals surface area contributed by atoms with Crippen LogP contribution in [0.15, 0.2) is 55.1 Å². The molecule has 0 saturated carbocycles. The Bertz CT molecular complexity index is 952. The lowest BCUT2D eigenvalue weighted by molar-refractivity contribution is -0.0400. The van der Waals surface area contributed by atoms with Gasteiger partial charge in [0.1, 0.15) is 29.8 Å². The lowest BCUT2D eigenvalue weighted by Crippen LogP contribution is -2.34. The molecule has 2 aromatic carbocycles. The Morgan fingerprint density at radius 2 is 1.79 bits per heavy atom. The number of alkyl halides is 3. The van der Waals surface area contributed by atoms with E-state index in [0.717, 1.165) is 6.07 Å². The number of hydrogen-bond donors (Lipinski definition) is 1. The fourth-order valence-electron chi connectivity index (χ4n) is 2.98. The van der Waals surface area contributed by atoms with Crippen molar-refractivity contribution in [1.29, 1.82) is 0 Å². The van der Waals surface area contributed by atoms with Gasteiger partial charge in [0, 0.05) is 10.6 Å². The minimum absolute atomic E-state index is 0.0819. The molecule has 0 saturated heterocycles. The number of rotatable bonds is 8. The SMILES string of the molecule is CCC(O)(Cn1cncn1)c1ccc(Oc2ccc(Cl)cc2)cc1C(F)(F)CF. The van der Waals surface area contributed by atoms with E-state index in [2.05, 4.69) is 10.1 Å². The van der Waals surface area contributed by atoms with Gasteiger partial charge in [-0.1, -0.05) is 24.6 Å². The molecule has 3 rings (SSSR count). The average Bonchev–Trinajstić information content (AvgIpc) is 3.22. The third-order valence-corrected chi connectivity index (χ3v) is 4.83. The molecule has 1 unspecified atom stereocenters. The molecule has 1 aromatic heterocycles. The first-order valence-electron chi connectivity index (χ1n) is 8.84. The van der Waals surface area contributed by atoms with Gasteiger partial charge >= 0.3 is 5.92 Å². The maximum Gasteiger partial charge on any atom is 0.301 e. The summed E-state index contributed by atoms with van der Waals surface area (Å²) in [4.78, 5) is 3.79. The maximum atomic E-state index is 14.5. The highest BCUT2D eigenvalue weighted by molar-refractivity contribution is 6.30. The lowest BCUT2D eigenvalue weighted by atomic mass is 9.85. The minimum atomic E-state index is -3.81. The molecule has 0 fully saturated rings. The van der Waals surface area contributed by atoms with E-state index in [1.165, 1.54) is 29.5 Å². The Morgan fingerprint density at radius 1 is 1.10 bits per heavy atom. The Labute approximate surface area is 170 Å². The van der Waals surface area contributed by atoms with Crippen molar-refractivity contribution in [3.63, 3.8) is 0 Å². The van der Waals surface area contributed by atoms with Crippen LogP contribution < -0.4 is 4.74 Å². The number of hydrogen-bond acceptors (Lipinski definition) is 4. The van der Waals surface area contributed by atoms with Crippen LogP contribution in [0.2, 0.25) is 5.02 Å². The van der Waals surface area contributed by atoms with Gasteiger partial charge in [-0.15, -0.1) is 0 Å². The van der Waals surface area contributed by atoms with E-state index >= 15 is 0 Å². The number of aliphatic hydroxyl groups is 1. The summed E-state index contributed by atoms with van der Waals surface area (Å²) in [5.41, 5.74) is -2.45. The zero-order valence-corrected chi connectivity index (χ0v) is 16.3. The van der Waals surface area contributed by atoms with Crippen molar-refractivity contribution >= 4 is 11.6 Å².